The zero-order valence-corrected chi connectivity index (χ0v) is 28.5. The molecule has 47 heavy (non-hydrogen) atoms. The minimum atomic E-state index is -0.427. The van der Waals surface area contributed by atoms with Crippen LogP contribution in [0.15, 0.2) is 115 Å². The Morgan fingerprint density at radius 2 is 1.47 bits per heavy atom. The Balaban J connectivity index is 1.37. The number of hydrogen-bond acceptors (Lipinski definition) is 3. The van der Waals surface area contributed by atoms with Crippen LogP contribution in [0.1, 0.15) is 77.7 Å². The van der Waals surface area contributed by atoms with Gasteiger partial charge in [0.25, 0.3) is 5.91 Å². The molecule has 1 aliphatic carbocycles. The summed E-state index contributed by atoms with van der Waals surface area (Å²) in [7, 11) is 0. The third kappa shape index (κ3) is 8.78. The Hall–Kier alpha value is -4.68. The highest BCUT2D eigenvalue weighted by Gasteiger charge is 2.23. The molecule has 0 spiro atoms. The topological polar surface area (TPSA) is 75.3 Å². The highest BCUT2D eigenvalue weighted by Crippen LogP contribution is 2.31. The molecule has 5 rings (SSSR count). The minimum absolute atomic E-state index is 0.0526. The smallest absolute Gasteiger partial charge is 0.346 e. The van der Waals surface area contributed by atoms with Gasteiger partial charge < -0.3 is 10.6 Å². The maximum atomic E-state index is 14.0. The molecule has 0 radical (unpaired) electrons. The number of aryl methyl sites for hydroxylation is 1. The second kappa shape index (κ2) is 15.3. The molecule has 0 aromatic heterocycles. The van der Waals surface area contributed by atoms with E-state index in [1.807, 2.05) is 18.2 Å². The highest BCUT2D eigenvalue weighted by molar-refractivity contribution is 7.65. The van der Waals surface area contributed by atoms with Gasteiger partial charge in [-0.2, -0.15) is 0 Å². The van der Waals surface area contributed by atoms with Gasteiger partial charge in [0.15, 0.2) is 0 Å². The lowest BCUT2D eigenvalue weighted by atomic mass is 9.86. The molecule has 0 unspecified atom stereocenters. The third-order valence-corrected chi connectivity index (χ3v) is 9.14. The zero-order valence-electron chi connectivity index (χ0n) is 27.6. The number of rotatable bonds is 11. The average Bonchev–Trinajstić information content (AvgIpc) is 3.08. The standard InChI is InChI=1S/C41H42N2O3S/c1-28-7-5-6-8-37(28)32-19-23-36(24-20-32)43-40(45)38(27-29-9-11-34(12-10-29)39(44)42-25-26-47-46)33-15-13-30(14-16-33)31-17-21-35(22-18-31)41(2,3)4/h5-19,21-23,38H,20,24-27H2,1-4H3,(H-,42,43,44,45)/p+1/t38-/m1/s1. The van der Waals surface area contributed by atoms with Crippen LogP contribution in [0, 0.1) is 6.92 Å². The fourth-order valence-corrected chi connectivity index (χ4v) is 6.10. The average molecular weight is 644 g/mol. The van der Waals surface area contributed by atoms with E-state index in [0.29, 0.717) is 35.9 Å². The lowest BCUT2D eigenvalue weighted by Gasteiger charge is -2.22. The van der Waals surface area contributed by atoms with Gasteiger partial charge in [-0.3, -0.25) is 9.59 Å². The number of nitrogens with one attached hydrogen (secondary N) is 2. The number of hydrogen-bond donors (Lipinski definition) is 2. The van der Waals surface area contributed by atoms with Crippen LogP contribution < -0.4 is 10.6 Å². The SMILES string of the molecule is Cc1ccccc1C1=CC=C(NC(=O)[C@H](Cc2ccc(C(=O)NCC[S+]=O)cc2)c2ccc(-c3ccc(C(C)(C)C)cc3)cc2)CC1. The predicted octanol–water partition coefficient (Wildman–Crippen LogP) is 8.32. The molecule has 4 aromatic carbocycles. The van der Waals surface area contributed by atoms with E-state index in [4.69, 9.17) is 0 Å². The molecule has 240 valence electrons. The molecule has 0 heterocycles. The molecule has 5 nitrogen and oxygen atoms in total. The van der Waals surface area contributed by atoms with Crippen molar-refractivity contribution >= 4 is 29.1 Å². The molecule has 1 atom stereocenters. The molecule has 0 aliphatic heterocycles. The summed E-state index contributed by atoms with van der Waals surface area (Å²) in [5, 5.41) is 6.00. The van der Waals surface area contributed by atoms with Gasteiger partial charge in [0, 0.05) is 15.5 Å². The van der Waals surface area contributed by atoms with E-state index in [-0.39, 0.29) is 17.2 Å². The van der Waals surface area contributed by atoms with Crippen molar-refractivity contribution in [2.24, 2.45) is 0 Å². The summed E-state index contributed by atoms with van der Waals surface area (Å²) in [5.41, 5.74) is 10.7. The van der Waals surface area contributed by atoms with Gasteiger partial charge in [-0.25, -0.2) is 0 Å². The first-order chi connectivity index (χ1) is 22.6. The fraction of sp³-hybridized carbons (Fsp3) is 0.268. The van der Waals surface area contributed by atoms with Gasteiger partial charge in [0.2, 0.25) is 11.7 Å². The number of benzene rings is 4. The monoisotopic (exact) mass is 643 g/mol. The van der Waals surface area contributed by atoms with Crippen LogP contribution in [-0.2, 0) is 32.5 Å². The van der Waals surface area contributed by atoms with Crippen LogP contribution in [0.3, 0.4) is 0 Å². The van der Waals surface area contributed by atoms with Crippen LogP contribution in [0.5, 0.6) is 0 Å². The molecular formula is C41H43N2O3S+. The Labute approximate surface area is 282 Å². The van der Waals surface area contributed by atoms with E-state index in [9.17, 15) is 13.8 Å². The van der Waals surface area contributed by atoms with Gasteiger partial charge in [-0.05, 0) is 94.3 Å². The van der Waals surface area contributed by atoms with E-state index >= 15 is 0 Å². The summed E-state index contributed by atoms with van der Waals surface area (Å²) in [4.78, 5) is 26.4. The van der Waals surface area contributed by atoms with Crippen molar-refractivity contribution in [2.75, 3.05) is 12.3 Å². The van der Waals surface area contributed by atoms with Crippen LogP contribution in [0.4, 0.5) is 0 Å². The molecule has 2 N–H and O–H groups in total. The van der Waals surface area contributed by atoms with Crippen LogP contribution in [-0.4, -0.2) is 24.1 Å². The van der Waals surface area contributed by atoms with Crippen molar-refractivity contribution in [3.8, 4) is 11.1 Å². The highest BCUT2D eigenvalue weighted by atomic mass is 32.1. The summed E-state index contributed by atoms with van der Waals surface area (Å²) in [6.07, 6.45) is 6.26. The predicted molar refractivity (Wildman–Crippen MR) is 193 cm³/mol. The Morgan fingerprint density at radius 1 is 0.809 bits per heavy atom. The normalized spacial score (nSPS) is 13.6. The first kappa shape index (κ1) is 33.7. The largest absolute Gasteiger partial charge is 0.460 e. The first-order valence-corrected chi connectivity index (χ1v) is 17.1. The molecule has 0 saturated heterocycles. The Morgan fingerprint density at radius 3 is 2.06 bits per heavy atom. The molecule has 0 fully saturated rings. The summed E-state index contributed by atoms with van der Waals surface area (Å²) >= 11 is 0.451. The van der Waals surface area contributed by atoms with E-state index in [2.05, 4.69) is 117 Å². The molecule has 4 aromatic rings. The third-order valence-electron chi connectivity index (χ3n) is 8.76. The van der Waals surface area contributed by atoms with Gasteiger partial charge in [0.1, 0.15) is 0 Å². The van der Waals surface area contributed by atoms with Gasteiger partial charge in [-0.15, -0.1) is 0 Å². The molecule has 6 heteroatoms. The lowest BCUT2D eigenvalue weighted by Crippen LogP contribution is -2.30. The zero-order chi connectivity index (χ0) is 33.4. The number of allylic oxidation sites excluding steroid dienone is 4. The first-order valence-electron chi connectivity index (χ1n) is 16.2. The van der Waals surface area contributed by atoms with Gasteiger partial charge in [0.05, 0.1) is 12.5 Å². The molecule has 1 aliphatic rings. The lowest BCUT2D eigenvalue weighted by molar-refractivity contribution is -0.121. The summed E-state index contributed by atoms with van der Waals surface area (Å²) < 4.78 is 10.6. The van der Waals surface area contributed by atoms with Crippen molar-refractivity contribution in [1.82, 2.24) is 10.6 Å². The van der Waals surface area contributed by atoms with E-state index in [1.165, 1.54) is 22.3 Å². The van der Waals surface area contributed by atoms with E-state index in [1.54, 1.807) is 12.1 Å². The van der Waals surface area contributed by atoms with Crippen molar-refractivity contribution in [3.63, 3.8) is 0 Å². The van der Waals surface area contributed by atoms with Crippen molar-refractivity contribution < 1.29 is 13.8 Å². The molecular weight excluding hydrogens is 601 g/mol. The van der Waals surface area contributed by atoms with Gasteiger partial charge >= 0.3 is 11.7 Å². The van der Waals surface area contributed by atoms with Gasteiger partial charge in [-0.1, -0.05) is 112 Å². The Kier molecular flexibility index (Phi) is 10.9. The maximum absolute atomic E-state index is 14.0. The van der Waals surface area contributed by atoms with E-state index in [0.717, 1.165) is 40.8 Å². The number of carbonyl (C=O) groups is 2. The van der Waals surface area contributed by atoms with Crippen molar-refractivity contribution in [2.45, 2.75) is 58.3 Å². The second-order valence-electron chi connectivity index (χ2n) is 13.2. The minimum Gasteiger partial charge on any atom is -0.346 e. The fourth-order valence-electron chi connectivity index (χ4n) is 5.91. The van der Waals surface area contributed by atoms with Crippen LogP contribution >= 0.6 is 0 Å². The van der Waals surface area contributed by atoms with E-state index < -0.39 is 5.92 Å². The Bertz CT molecular complexity index is 1780. The summed E-state index contributed by atoms with van der Waals surface area (Å²) in [6.45, 7) is 9.09. The molecule has 2 amide bonds. The second-order valence-corrected chi connectivity index (χ2v) is 13.8. The number of carbonyl (C=O) groups excluding carboxylic acids is 2. The molecule has 0 saturated carbocycles. The summed E-state index contributed by atoms with van der Waals surface area (Å²) in [5.74, 6) is -0.374. The summed E-state index contributed by atoms with van der Waals surface area (Å²) in [6, 6.07) is 32.7. The van der Waals surface area contributed by atoms with Crippen LogP contribution in [0.2, 0.25) is 0 Å². The van der Waals surface area contributed by atoms with Crippen molar-refractivity contribution in [1.29, 1.82) is 0 Å². The number of amides is 2. The van der Waals surface area contributed by atoms with Crippen molar-refractivity contribution in [3.05, 3.63) is 148 Å². The van der Waals surface area contributed by atoms with Crippen LogP contribution in [0.25, 0.3) is 16.7 Å². The quantitative estimate of drug-likeness (QED) is 0.128. The maximum Gasteiger partial charge on any atom is 0.460 e. The molecule has 0 bridgehead atoms.